The van der Waals surface area contributed by atoms with Crippen molar-refractivity contribution in [1.82, 2.24) is 0 Å². The van der Waals surface area contributed by atoms with E-state index >= 15 is 0 Å². The molecule has 5 nitrogen and oxygen atoms in total. The predicted octanol–water partition coefficient (Wildman–Crippen LogP) is 3.16. The van der Waals surface area contributed by atoms with Crippen LogP contribution >= 0.6 is 0 Å². The van der Waals surface area contributed by atoms with E-state index in [0.717, 1.165) is 58.1 Å². The molecule has 0 atom stereocenters. The molecular formula is C18H17N3O2. The summed E-state index contributed by atoms with van der Waals surface area (Å²) in [4.78, 5) is 0. The summed E-state index contributed by atoms with van der Waals surface area (Å²) in [6, 6.07) is 11.7. The van der Waals surface area contributed by atoms with Crippen molar-refractivity contribution in [3.8, 4) is 11.5 Å². The van der Waals surface area contributed by atoms with E-state index in [1.54, 1.807) is 0 Å². The Kier molecular flexibility index (Phi) is 3.26. The van der Waals surface area contributed by atoms with Crippen LogP contribution in [0.1, 0.15) is 30.0 Å². The van der Waals surface area contributed by atoms with Crippen molar-refractivity contribution in [2.24, 2.45) is 10.2 Å². The number of fused-ring (bicyclic) bond motifs is 2. The Morgan fingerprint density at radius 2 is 1.78 bits per heavy atom. The highest BCUT2D eigenvalue weighted by Gasteiger charge is 2.23. The predicted molar refractivity (Wildman–Crippen MR) is 90.5 cm³/mol. The molecular weight excluding hydrogens is 290 g/mol. The Labute approximate surface area is 134 Å². The summed E-state index contributed by atoms with van der Waals surface area (Å²) in [6.07, 6.45) is 1.64. The molecule has 0 fully saturated rings. The highest BCUT2D eigenvalue weighted by molar-refractivity contribution is 6.15. The standard InChI is InChI=1S/C18H17N3O2/c1-2-14-7-12-8-16-17(23-10-22-16)9-15(12)18(21-20-14)11-3-5-13(19)6-4-11/h3-6,8-9H,2,7,10,19H2,1H3. The van der Waals surface area contributed by atoms with Crippen LogP contribution in [-0.2, 0) is 6.42 Å². The summed E-state index contributed by atoms with van der Waals surface area (Å²) in [5.41, 5.74) is 11.6. The molecule has 4 rings (SSSR count). The SMILES string of the molecule is CCC1=NN=C(c2ccc(N)cc2)c2cc3c(cc2C1)OCO3. The molecule has 2 aromatic carbocycles. The number of rotatable bonds is 2. The van der Waals surface area contributed by atoms with Gasteiger partial charge < -0.3 is 15.2 Å². The molecule has 2 N–H and O–H groups in total. The summed E-state index contributed by atoms with van der Waals surface area (Å²) >= 11 is 0. The lowest BCUT2D eigenvalue weighted by molar-refractivity contribution is 0.174. The van der Waals surface area contributed by atoms with Gasteiger partial charge in [0.15, 0.2) is 11.5 Å². The van der Waals surface area contributed by atoms with Crippen molar-refractivity contribution in [2.75, 3.05) is 12.5 Å². The molecule has 23 heavy (non-hydrogen) atoms. The zero-order valence-corrected chi connectivity index (χ0v) is 12.9. The summed E-state index contributed by atoms with van der Waals surface area (Å²) in [7, 11) is 0. The fourth-order valence-corrected chi connectivity index (χ4v) is 2.83. The quantitative estimate of drug-likeness (QED) is 0.866. The number of nitrogen functional groups attached to an aromatic ring is 1. The third-order valence-corrected chi connectivity index (χ3v) is 4.13. The number of nitrogens with zero attached hydrogens (tertiary/aromatic N) is 2. The summed E-state index contributed by atoms with van der Waals surface area (Å²) in [5, 5.41) is 8.94. The first-order valence-electron chi connectivity index (χ1n) is 7.67. The second-order valence-corrected chi connectivity index (χ2v) is 5.63. The number of nitrogens with two attached hydrogens (primary N) is 1. The van der Waals surface area contributed by atoms with Crippen LogP contribution in [0, 0.1) is 0 Å². The molecule has 5 heteroatoms. The molecule has 116 valence electrons. The maximum absolute atomic E-state index is 5.80. The van der Waals surface area contributed by atoms with Gasteiger partial charge in [0.25, 0.3) is 0 Å². The third-order valence-electron chi connectivity index (χ3n) is 4.13. The van der Waals surface area contributed by atoms with E-state index in [1.807, 2.05) is 36.4 Å². The van der Waals surface area contributed by atoms with Gasteiger partial charge in [-0.2, -0.15) is 5.10 Å². The van der Waals surface area contributed by atoms with Crippen molar-refractivity contribution in [2.45, 2.75) is 19.8 Å². The van der Waals surface area contributed by atoms with Crippen LogP contribution in [0.2, 0.25) is 0 Å². The summed E-state index contributed by atoms with van der Waals surface area (Å²) in [5.74, 6) is 1.55. The molecule has 0 saturated carbocycles. The second-order valence-electron chi connectivity index (χ2n) is 5.63. The molecule has 0 radical (unpaired) electrons. The maximum Gasteiger partial charge on any atom is 0.231 e. The average Bonchev–Trinajstić information content (AvgIpc) is 2.94. The van der Waals surface area contributed by atoms with Crippen LogP contribution in [-0.4, -0.2) is 18.2 Å². The highest BCUT2D eigenvalue weighted by Crippen LogP contribution is 2.36. The first kappa shape index (κ1) is 13.8. The smallest absolute Gasteiger partial charge is 0.231 e. The molecule has 0 unspecified atom stereocenters. The monoisotopic (exact) mass is 307 g/mol. The van der Waals surface area contributed by atoms with E-state index in [2.05, 4.69) is 17.1 Å². The minimum absolute atomic E-state index is 0.265. The van der Waals surface area contributed by atoms with Crippen LogP contribution in [0.25, 0.3) is 0 Å². The van der Waals surface area contributed by atoms with E-state index in [4.69, 9.17) is 15.2 Å². The number of hydrogen-bond acceptors (Lipinski definition) is 5. The van der Waals surface area contributed by atoms with E-state index in [9.17, 15) is 0 Å². The zero-order chi connectivity index (χ0) is 15.8. The van der Waals surface area contributed by atoms with Crippen molar-refractivity contribution in [3.05, 3.63) is 53.1 Å². The minimum Gasteiger partial charge on any atom is -0.454 e. The molecule has 0 saturated heterocycles. The van der Waals surface area contributed by atoms with Crippen LogP contribution in [0.4, 0.5) is 5.69 Å². The van der Waals surface area contributed by atoms with E-state index in [0.29, 0.717) is 0 Å². The molecule has 0 spiro atoms. The second kappa shape index (κ2) is 5.43. The molecule has 2 heterocycles. The Bertz CT molecular complexity index is 823. The largest absolute Gasteiger partial charge is 0.454 e. The summed E-state index contributed by atoms with van der Waals surface area (Å²) < 4.78 is 11.0. The van der Waals surface area contributed by atoms with Crippen molar-refractivity contribution in [1.29, 1.82) is 0 Å². The number of ether oxygens (including phenoxy) is 2. The average molecular weight is 307 g/mol. The Balaban J connectivity index is 1.89. The topological polar surface area (TPSA) is 69.2 Å². The van der Waals surface area contributed by atoms with Crippen molar-refractivity contribution < 1.29 is 9.47 Å². The van der Waals surface area contributed by atoms with Gasteiger partial charge in [-0.05, 0) is 36.2 Å². The highest BCUT2D eigenvalue weighted by atomic mass is 16.7. The molecule has 0 aliphatic carbocycles. The van der Waals surface area contributed by atoms with Gasteiger partial charge in [0.05, 0.1) is 0 Å². The van der Waals surface area contributed by atoms with Gasteiger partial charge in [0.1, 0.15) is 5.71 Å². The Morgan fingerprint density at radius 3 is 2.52 bits per heavy atom. The summed E-state index contributed by atoms with van der Waals surface area (Å²) in [6.45, 7) is 2.36. The zero-order valence-electron chi connectivity index (χ0n) is 12.9. The normalized spacial score (nSPS) is 15.5. The van der Waals surface area contributed by atoms with Gasteiger partial charge in [-0.15, -0.1) is 5.10 Å². The Morgan fingerprint density at radius 1 is 1.04 bits per heavy atom. The first-order chi connectivity index (χ1) is 11.2. The van der Waals surface area contributed by atoms with Gasteiger partial charge in [-0.1, -0.05) is 19.1 Å². The van der Waals surface area contributed by atoms with Crippen LogP contribution in [0.15, 0.2) is 46.6 Å². The fourth-order valence-electron chi connectivity index (χ4n) is 2.83. The van der Waals surface area contributed by atoms with E-state index < -0.39 is 0 Å². The minimum atomic E-state index is 0.265. The molecule has 0 bridgehead atoms. The van der Waals surface area contributed by atoms with Crippen molar-refractivity contribution in [3.63, 3.8) is 0 Å². The van der Waals surface area contributed by atoms with Gasteiger partial charge in [-0.25, -0.2) is 0 Å². The third kappa shape index (κ3) is 2.44. The van der Waals surface area contributed by atoms with Crippen LogP contribution in [0.3, 0.4) is 0 Å². The van der Waals surface area contributed by atoms with Crippen molar-refractivity contribution >= 4 is 17.1 Å². The first-order valence-corrected chi connectivity index (χ1v) is 7.67. The van der Waals surface area contributed by atoms with E-state index in [-0.39, 0.29) is 6.79 Å². The maximum atomic E-state index is 5.80. The fraction of sp³-hybridized carbons (Fsp3) is 0.222. The lowest BCUT2D eigenvalue weighted by atomic mass is 9.94. The lowest BCUT2D eigenvalue weighted by Crippen LogP contribution is -2.07. The van der Waals surface area contributed by atoms with E-state index in [1.165, 1.54) is 0 Å². The molecule has 0 amide bonds. The van der Waals surface area contributed by atoms with Gasteiger partial charge in [-0.3, -0.25) is 0 Å². The van der Waals surface area contributed by atoms with Gasteiger partial charge >= 0.3 is 0 Å². The Hall–Kier alpha value is -2.82. The molecule has 0 aromatic heterocycles. The van der Waals surface area contributed by atoms with Crippen LogP contribution in [0.5, 0.6) is 11.5 Å². The number of hydrogen-bond donors (Lipinski definition) is 1. The van der Waals surface area contributed by atoms with Gasteiger partial charge in [0, 0.05) is 28.9 Å². The number of anilines is 1. The molecule has 2 aliphatic heterocycles. The molecule has 2 aliphatic rings. The molecule has 2 aromatic rings. The van der Waals surface area contributed by atoms with Crippen LogP contribution < -0.4 is 15.2 Å². The number of benzene rings is 2. The van der Waals surface area contributed by atoms with Gasteiger partial charge in [0.2, 0.25) is 6.79 Å². The lowest BCUT2D eigenvalue weighted by Gasteiger charge is -2.11.